The molecule has 2 atom stereocenters. The number of likely N-dealkylation sites (tertiary alicyclic amines) is 1. The Balaban J connectivity index is 2.13. The van der Waals surface area contributed by atoms with Crippen molar-refractivity contribution in [2.75, 3.05) is 26.2 Å². The van der Waals surface area contributed by atoms with Gasteiger partial charge in [0.25, 0.3) is 5.91 Å². The molecule has 144 valence electrons. The predicted molar refractivity (Wildman–Crippen MR) is 94.4 cm³/mol. The molecule has 8 nitrogen and oxygen atoms in total. The lowest BCUT2D eigenvalue weighted by molar-refractivity contribution is -0.144. The second-order valence-electron chi connectivity index (χ2n) is 6.34. The molecular formula is C18H27N3O5. The van der Waals surface area contributed by atoms with Gasteiger partial charge in [-0.1, -0.05) is 0 Å². The van der Waals surface area contributed by atoms with E-state index in [4.69, 9.17) is 9.52 Å². The van der Waals surface area contributed by atoms with Crippen molar-refractivity contribution in [2.24, 2.45) is 0 Å². The Morgan fingerprint density at radius 2 is 2.04 bits per heavy atom. The fourth-order valence-electron chi connectivity index (χ4n) is 3.32. The smallest absolute Gasteiger partial charge is 0.255 e. The van der Waals surface area contributed by atoms with Crippen LogP contribution in [0.3, 0.4) is 0 Å². The molecule has 1 aromatic rings. The zero-order valence-electron chi connectivity index (χ0n) is 15.5. The first-order valence-electron chi connectivity index (χ1n) is 8.96. The van der Waals surface area contributed by atoms with Crippen LogP contribution in [0.1, 0.15) is 42.8 Å². The third-order valence-corrected chi connectivity index (χ3v) is 4.75. The Morgan fingerprint density at radius 1 is 1.35 bits per heavy atom. The molecule has 0 unspecified atom stereocenters. The van der Waals surface area contributed by atoms with Crippen LogP contribution in [0.4, 0.5) is 0 Å². The molecule has 2 N–H and O–H groups in total. The predicted octanol–water partition coefficient (Wildman–Crippen LogP) is 0.538. The van der Waals surface area contributed by atoms with Gasteiger partial charge in [0.15, 0.2) is 0 Å². The molecule has 0 aromatic carbocycles. The highest BCUT2D eigenvalue weighted by molar-refractivity contribution is 5.95. The number of rotatable bonds is 7. The molecule has 0 spiro atoms. The number of hydrogen-bond acceptors (Lipinski definition) is 5. The van der Waals surface area contributed by atoms with Crippen molar-refractivity contribution in [1.82, 2.24) is 15.1 Å². The first-order chi connectivity index (χ1) is 12.4. The highest BCUT2D eigenvalue weighted by atomic mass is 16.3. The number of aliphatic hydroxyl groups is 1. The summed E-state index contributed by atoms with van der Waals surface area (Å²) in [7, 11) is 0. The molecule has 1 aliphatic heterocycles. The van der Waals surface area contributed by atoms with Crippen molar-refractivity contribution in [3.05, 3.63) is 23.7 Å². The number of aryl methyl sites for hydroxylation is 1. The molecule has 0 bridgehead atoms. The fourth-order valence-corrected chi connectivity index (χ4v) is 3.32. The van der Waals surface area contributed by atoms with Gasteiger partial charge in [-0.05, 0) is 33.3 Å². The molecule has 1 aliphatic rings. The van der Waals surface area contributed by atoms with E-state index in [1.165, 1.54) is 11.2 Å². The Labute approximate surface area is 153 Å². The van der Waals surface area contributed by atoms with E-state index >= 15 is 0 Å². The van der Waals surface area contributed by atoms with Gasteiger partial charge in [-0.25, -0.2) is 0 Å². The maximum atomic E-state index is 12.8. The topological polar surface area (TPSA) is 103 Å². The zero-order chi connectivity index (χ0) is 19.3. The summed E-state index contributed by atoms with van der Waals surface area (Å²) >= 11 is 0. The average Bonchev–Trinajstić information content (AvgIpc) is 3.22. The number of carbonyl (C=O) groups is 3. The van der Waals surface area contributed by atoms with Crippen molar-refractivity contribution < 1.29 is 23.9 Å². The minimum Gasteiger partial charge on any atom is -0.469 e. The van der Waals surface area contributed by atoms with Crippen LogP contribution in [0.25, 0.3) is 0 Å². The van der Waals surface area contributed by atoms with Gasteiger partial charge < -0.3 is 24.6 Å². The van der Waals surface area contributed by atoms with Crippen LogP contribution in [0, 0.1) is 6.92 Å². The second kappa shape index (κ2) is 8.84. The van der Waals surface area contributed by atoms with Gasteiger partial charge in [0.05, 0.1) is 18.4 Å². The summed E-state index contributed by atoms with van der Waals surface area (Å²) in [5, 5.41) is 12.0. The zero-order valence-corrected chi connectivity index (χ0v) is 15.5. The summed E-state index contributed by atoms with van der Waals surface area (Å²) in [4.78, 5) is 40.7. The highest BCUT2D eigenvalue weighted by Crippen LogP contribution is 2.22. The van der Waals surface area contributed by atoms with Crippen LogP contribution in [-0.2, 0) is 9.59 Å². The molecule has 2 heterocycles. The quantitative estimate of drug-likeness (QED) is 0.734. The van der Waals surface area contributed by atoms with E-state index in [0.29, 0.717) is 30.8 Å². The normalized spacial score (nSPS) is 19.5. The molecule has 0 radical (unpaired) electrons. The molecule has 8 heteroatoms. The molecule has 1 fully saturated rings. The summed E-state index contributed by atoms with van der Waals surface area (Å²) < 4.78 is 5.15. The summed E-state index contributed by atoms with van der Waals surface area (Å²) in [6.07, 6.45) is 1.77. The Kier molecular flexibility index (Phi) is 6.79. The van der Waals surface area contributed by atoms with Crippen LogP contribution >= 0.6 is 0 Å². The highest BCUT2D eigenvalue weighted by Gasteiger charge is 2.41. The number of amides is 3. The van der Waals surface area contributed by atoms with Crippen molar-refractivity contribution >= 4 is 17.7 Å². The lowest BCUT2D eigenvalue weighted by Gasteiger charge is -2.28. The standard InChI is InChI=1S/C18H27N3O5/c1-4-20(5-2)18(25)15-10-13(11-21(15)16(23)6-8-22)19-17(24)14-7-9-26-12(14)3/h7,9,13,15,22H,4-6,8,10-11H2,1-3H3,(H,19,24)/t13-,15+/m1/s1. The van der Waals surface area contributed by atoms with Crippen molar-refractivity contribution in [1.29, 1.82) is 0 Å². The lowest BCUT2D eigenvalue weighted by Crippen LogP contribution is -2.47. The van der Waals surface area contributed by atoms with Crippen LogP contribution in [0.15, 0.2) is 16.7 Å². The summed E-state index contributed by atoms with van der Waals surface area (Å²) in [5.74, 6) is -0.178. The Morgan fingerprint density at radius 3 is 2.58 bits per heavy atom. The molecular weight excluding hydrogens is 338 g/mol. The van der Waals surface area contributed by atoms with E-state index in [9.17, 15) is 14.4 Å². The van der Waals surface area contributed by atoms with Crippen LogP contribution in [0.2, 0.25) is 0 Å². The molecule has 2 rings (SSSR count). The van der Waals surface area contributed by atoms with Crippen molar-refractivity contribution in [3.8, 4) is 0 Å². The number of nitrogens with one attached hydrogen (secondary N) is 1. The van der Waals surface area contributed by atoms with Gasteiger partial charge in [-0.15, -0.1) is 0 Å². The number of furan rings is 1. The first kappa shape index (κ1) is 20.0. The SMILES string of the molecule is CCN(CC)C(=O)[C@@H]1C[C@@H](NC(=O)c2ccoc2C)CN1C(=O)CCO. The van der Waals surface area contributed by atoms with Gasteiger partial charge in [0.2, 0.25) is 11.8 Å². The van der Waals surface area contributed by atoms with Crippen molar-refractivity contribution in [2.45, 2.75) is 45.7 Å². The van der Waals surface area contributed by atoms with E-state index in [1.54, 1.807) is 17.9 Å². The van der Waals surface area contributed by atoms with Gasteiger partial charge in [-0.3, -0.25) is 14.4 Å². The number of hydrogen-bond donors (Lipinski definition) is 2. The number of nitrogens with zero attached hydrogens (tertiary/aromatic N) is 2. The first-order valence-corrected chi connectivity index (χ1v) is 8.96. The fraction of sp³-hybridized carbons (Fsp3) is 0.611. The molecule has 3 amide bonds. The molecule has 0 saturated carbocycles. The van der Waals surface area contributed by atoms with E-state index in [2.05, 4.69) is 5.32 Å². The monoisotopic (exact) mass is 365 g/mol. The van der Waals surface area contributed by atoms with Crippen molar-refractivity contribution in [3.63, 3.8) is 0 Å². The third kappa shape index (κ3) is 4.24. The van der Waals surface area contributed by atoms with Gasteiger partial charge in [-0.2, -0.15) is 0 Å². The summed E-state index contributed by atoms with van der Waals surface area (Å²) in [5.41, 5.74) is 0.441. The average molecular weight is 365 g/mol. The second-order valence-corrected chi connectivity index (χ2v) is 6.34. The summed E-state index contributed by atoms with van der Waals surface area (Å²) in [6, 6.07) is 0.640. The lowest BCUT2D eigenvalue weighted by atomic mass is 10.1. The van der Waals surface area contributed by atoms with Gasteiger partial charge in [0.1, 0.15) is 11.8 Å². The maximum Gasteiger partial charge on any atom is 0.255 e. The van der Waals surface area contributed by atoms with E-state index < -0.39 is 6.04 Å². The minimum atomic E-state index is -0.621. The number of aliphatic hydroxyl groups excluding tert-OH is 1. The summed E-state index contributed by atoms with van der Waals surface area (Å²) in [6.45, 7) is 6.56. The molecule has 1 aromatic heterocycles. The minimum absolute atomic E-state index is 0.0382. The molecule has 26 heavy (non-hydrogen) atoms. The number of likely N-dealkylation sites (N-methyl/N-ethyl adjacent to an activating group) is 1. The Hall–Kier alpha value is -2.35. The maximum absolute atomic E-state index is 12.8. The van der Waals surface area contributed by atoms with Crippen LogP contribution in [-0.4, -0.2) is 71.0 Å². The Bertz CT molecular complexity index is 653. The van der Waals surface area contributed by atoms with E-state index in [1.807, 2.05) is 13.8 Å². The third-order valence-electron chi connectivity index (χ3n) is 4.75. The van der Waals surface area contributed by atoms with Gasteiger partial charge in [0, 0.05) is 32.1 Å². The van der Waals surface area contributed by atoms with Gasteiger partial charge >= 0.3 is 0 Å². The van der Waals surface area contributed by atoms with Crippen LogP contribution in [0.5, 0.6) is 0 Å². The molecule has 0 aliphatic carbocycles. The molecule has 1 saturated heterocycles. The largest absolute Gasteiger partial charge is 0.469 e. The van der Waals surface area contributed by atoms with E-state index in [-0.39, 0.29) is 43.3 Å². The van der Waals surface area contributed by atoms with Crippen LogP contribution < -0.4 is 5.32 Å². The number of carbonyl (C=O) groups excluding carboxylic acids is 3. The van der Waals surface area contributed by atoms with E-state index in [0.717, 1.165) is 0 Å².